The molecule has 0 spiro atoms. The van der Waals surface area contributed by atoms with Crippen molar-refractivity contribution in [3.63, 3.8) is 0 Å². The summed E-state index contributed by atoms with van der Waals surface area (Å²) in [4.78, 5) is 26.0. The van der Waals surface area contributed by atoms with Crippen LogP contribution in [-0.4, -0.2) is 51.1 Å². The number of amidine groups is 1. The fraction of sp³-hybridized carbons (Fsp3) is 0.250. The van der Waals surface area contributed by atoms with E-state index in [9.17, 15) is 18.0 Å². The molecule has 0 saturated carbocycles. The molecule has 0 fully saturated rings. The van der Waals surface area contributed by atoms with Gasteiger partial charge in [0.05, 0.1) is 0 Å². The van der Waals surface area contributed by atoms with Crippen molar-refractivity contribution < 1.29 is 22.7 Å². The first kappa shape index (κ1) is 19.8. The number of hydrogen-bond acceptors (Lipinski definition) is 6. The van der Waals surface area contributed by atoms with Gasteiger partial charge < -0.3 is 9.64 Å². The first-order chi connectivity index (χ1) is 13.2. The molecule has 28 heavy (non-hydrogen) atoms. The van der Waals surface area contributed by atoms with Crippen LogP contribution in [0.1, 0.15) is 27.0 Å². The summed E-state index contributed by atoms with van der Waals surface area (Å²) in [5.74, 6) is -0.762. The smallest absolute Gasteiger partial charge is 0.326 e. The van der Waals surface area contributed by atoms with Crippen LogP contribution in [0.4, 0.5) is 0 Å². The summed E-state index contributed by atoms with van der Waals surface area (Å²) in [6.07, 6.45) is 0. The van der Waals surface area contributed by atoms with Gasteiger partial charge in [0.1, 0.15) is 11.4 Å². The molecule has 0 amide bonds. The lowest BCUT2D eigenvalue weighted by Crippen LogP contribution is -2.33. The predicted octanol–water partition coefficient (Wildman–Crippen LogP) is 2.11. The molecule has 1 aliphatic heterocycles. The van der Waals surface area contributed by atoms with Crippen molar-refractivity contribution in [2.45, 2.75) is 18.7 Å². The van der Waals surface area contributed by atoms with Crippen LogP contribution in [0.25, 0.3) is 0 Å². The van der Waals surface area contributed by atoms with Crippen molar-refractivity contribution in [3.05, 3.63) is 64.7 Å². The quantitative estimate of drug-likeness (QED) is 0.564. The molecule has 7 nitrogen and oxygen atoms in total. The van der Waals surface area contributed by atoms with Gasteiger partial charge in [-0.25, -0.2) is 0 Å². The van der Waals surface area contributed by atoms with Crippen molar-refractivity contribution >= 4 is 27.6 Å². The minimum atomic E-state index is -3.77. The molecule has 0 unspecified atom stereocenters. The summed E-state index contributed by atoms with van der Waals surface area (Å²) in [5, 5.41) is 0. The Balaban J connectivity index is 1.64. The lowest BCUT2D eigenvalue weighted by molar-refractivity contribution is -0.142. The number of ether oxygens (including phenoxy) is 1. The number of esters is 1. The van der Waals surface area contributed by atoms with E-state index in [4.69, 9.17) is 4.74 Å². The van der Waals surface area contributed by atoms with Crippen LogP contribution < -0.4 is 0 Å². The number of aryl methyl sites for hydroxylation is 2. The summed E-state index contributed by atoms with van der Waals surface area (Å²) in [5.41, 5.74) is 2.70. The maximum Gasteiger partial charge on any atom is 0.326 e. The highest BCUT2D eigenvalue weighted by Crippen LogP contribution is 2.26. The molecule has 0 N–H and O–H groups in total. The van der Waals surface area contributed by atoms with E-state index < -0.39 is 16.0 Å². The van der Waals surface area contributed by atoms with E-state index in [0.29, 0.717) is 11.1 Å². The van der Waals surface area contributed by atoms with Crippen molar-refractivity contribution in [3.8, 4) is 0 Å². The highest BCUT2D eigenvalue weighted by molar-refractivity contribution is 7.90. The number of likely N-dealkylation sites (N-methyl/N-ethyl adjacent to an activating group) is 1. The van der Waals surface area contributed by atoms with E-state index in [1.807, 2.05) is 26.0 Å². The average molecular weight is 400 g/mol. The second-order valence-corrected chi connectivity index (χ2v) is 8.22. The van der Waals surface area contributed by atoms with Crippen LogP contribution >= 0.6 is 0 Å². The molecular formula is C20H20N2O5S. The summed E-state index contributed by atoms with van der Waals surface area (Å²) in [6.45, 7) is 3.09. The van der Waals surface area contributed by atoms with Gasteiger partial charge in [-0.2, -0.15) is 8.42 Å². The number of fused-ring (bicyclic) bond motifs is 1. The van der Waals surface area contributed by atoms with Crippen molar-refractivity contribution in [2.75, 3.05) is 20.2 Å². The number of nitrogens with zero attached hydrogens (tertiary/aromatic N) is 2. The second-order valence-electron chi connectivity index (χ2n) is 6.64. The van der Waals surface area contributed by atoms with Crippen LogP contribution in [0.3, 0.4) is 0 Å². The second kappa shape index (κ2) is 7.55. The molecule has 146 valence electrons. The van der Waals surface area contributed by atoms with Gasteiger partial charge >= 0.3 is 5.97 Å². The zero-order chi connectivity index (χ0) is 20.5. The fourth-order valence-electron chi connectivity index (χ4n) is 2.94. The normalized spacial score (nSPS) is 14.2. The molecule has 0 radical (unpaired) electrons. The van der Waals surface area contributed by atoms with Crippen molar-refractivity contribution in [1.82, 2.24) is 4.90 Å². The van der Waals surface area contributed by atoms with Crippen molar-refractivity contribution in [2.24, 2.45) is 4.40 Å². The number of hydrogen-bond donors (Lipinski definition) is 0. The number of carbonyl (C=O) groups is 2. The van der Waals surface area contributed by atoms with Crippen LogP contribution in [0.2, 0.25) is 0 Å². The molecule has 0 aliphatic carbocycles. The van der Waals surface area contributed by atoms with Crippen LogP contribution in [-0.2, 0) is 19.6 Å². The molecule has 0 saturated heterocycles. The van der Waals surface area contributed by atoms with E-state index in [2.05, 4.69) is 4.40 Å². The van der Waals surface area contributed by atoms with E-state index in [-0.39, 0.29) is 29.7 Å². The maximum absolute atomic E-state index is 12.3. The Hall–Kier alpha value is -3.00. The van der Waals surface area contributed by atoms with Gasteiger partial charge in [0.15, 0.2) is 12.4 Å². The molecule has 2 aromatic carbocycles. The van der Waals surface area contributed by atoms with Gasteiger partial charge in [0.25, 0.3) is 10.0 Å². The zero-order valence-electron chi connectivity index (χ0n) is 15.8. The molecule has 0 aromatic heterocycles. The lowest BCUT2D eigenvalue weighted by atomic mass is 10.0. The Morgan fingerprint density at radius 2 is 1.82 bits per heavy atom. The summed E-state index contributed by atoms with van der Waals surface area (Å²) >= 11 is 0. The third kappa shape index (κ3) is 3.96. The SMILES string of the molecule is Cc1ccc(C)c(C(=O)COC(=O)CN(C)C2=NS(=O)(=O)c3ccccc32)c1. The maximum atomic E-state index is 12.3. The van der Waals surface area contributed by atoms with Gasteiger partial charge in [-0.05, 0) is 37.6 Å². The Bertz CT molecular complexity index is 1090. The van der Waals surface area contributed by atoms with Crippen LogP contribution in [0.5, 0.6) is 0 Å². The van der Waals surface area contributed by atoms with Gasteiger partial charge in [0.2, 0.25) is 5.78 Å². The number of ketones is 1. The molecule has 0 bridgehead atoms. The highest BCUT2D eigenvalue weighted by atomic mass is 32.2. The van der Waals surface area contributed by atoms with Gasteiger partial charge in [-0.15, -0.1) is 4.40 Å². The molecule has 2 aromatic rings. The third-order valence-corrected chi connectivity index (χ3v) is 5.72. The predicted molar refractivity (Wildman–Crippen MR) is 104 cm³/mol. The molecule has 1 aliphatic rings. The van der Waals surface area contributed by atoms with Crippen molar-refractivity contribution in [1.29, 1.82) is 0 Å². The number of Topliss-reactive ketones (excluding diaryl/α,β-unsaturated/α-hetero) is 1. The summed E-state index contributed by atoms with van der Waals surface area (Å²) in [7, 11) is -2.22. The van der Waals surface area contributed by atoms with Gasteiger partial charge in [-0.3, -0.25) is 9.59 Å². The third-order valence-electron chi connectivity index (χ3n) is 4.40. The standard InChI is InChI=1S/C20H20N2O5S/c1-13-8-9-14(2)16(10-13)17(23)12-27-19(24)11-22(3)20-15-6-4-5-7-18(15)28(25,26)21-20/h4-10H,11-12H2,1-3H3. The van der Waals surface area contributed by atoms with E-state index in [1.165, 1.54) is 11.0 Å². The number of rotatable bonds is 5. The van der Waals surface area contributed by atoms with Crippen LogP contribution in [0, 0.1) is 13.8 Å². The minimum absolute atomic E-state index is 0.107. The fourth-order valence-corrected chi connectivity index (χ4v) is 4.19. The Morgan fingerprint density at radius 1 is 1.11 bits per heavy atom. The Labute approximate surface area is 163 Å². The zero-order valence-corrected chi connectivity index (χ0v) is 16.6. The first-order valence-electron chi connectivity index (χ1n) is 8.60. The van der Waals surface area contributed by atoms with E-state index in [0.717, 1.165) is 11.1 Å². The van der Waals surface area contributed by atoms with E-state index >= 15 is 0 Å². The molecule has 8 heteroatoms. The lowest BCUT2D eigenvalue weighted by Gasteiger charge is -2.18. The molecule has 0 atom stereocenters. The van der Waals surface area contributed by atoms with E-state index in [1.54, 1.807) is 31.3 Å². The summed E-state index contributed by atoms with van der Waals surface area (Å²) < 4.78 is 33.1. The molecule has 3 rings (SSSR count). The molecule has 1 heterocycles. The van der Waals surface area contributed by atoms with Crippen LogP contribution in [0.15, 0.2) is 51.8 Å². The minimum Gasteiger partial charge on any atom is -0.456 e. The number of benzene rings is 2. The largest absolute Gasteiger partial charge is 0.456 e. The summed E-state index contributed by atoms with van der Waals surface area (Å²) in [6, 6.07) is 11.9. The van der Waals surface area contributed by atoms with Gasteiger partial charge in [0, 0.05) is 18.2 Å². The highest BCUT2D eigenvalue weighted by Gasteiger charge is 2.31. The Morgan fingerprint density at radius 3 is 2.57 bits per heavy atom. The average Bonchev–Trinajstić information content (AvgIpc) is 2.93. The molecular weight excluding hydrogens is 380 g/mol. The monoisotopic (exact) mass is 400 g/mol. The Kier molecular flexibility index (Phi) is 5.33. The first-order valence-corrected chi connectivity index (χ1v) is 10.0. The van der Waals surface area contributed by atoms with Gasteiger partial charge in [-0.1, -0.05) is 29.8 Å². The number of sulfonamides is 1. The topological polar surface area (TPSA) is 93.1 Å². The number of carbonyl (C=O) groups excluding carboxylic acids is 2.